The van der Waals surface area contributed by atoms with Gasteiger partial charge >= 0.3 is 5.97 Å². The van der Waals surface area contributed by atoms with Crippen LogP contribution in [0, 0.1) is 0 Å². The molecule has 6 nitrogen and oxygen atoms in total. The molecule has 0 radical (unpaired) electrons. The summed E-state index contributed by atoms with van der Waals surface area (Å²) in [7, 11) is 0. The van der Waals surface area contributed by atoms with Crippen LogP contribution in [0.5, 0.6) is 0 Å². The number of aromatic carboxylic acids is 1. The predicted octanol–water partition coefficient (Wildman–Crippen LogP) is 1.48. The van der Waals surface area contributed by atoms with Gasteiger partial charge in [0.05, 0.1) is 17.6 Å². The highest BCUT2D eigenvalue weighted by atomic mass is 16.4. The SMILES string of the molecule is O=C(O)c1cncc(NCCCn2ccnc2)c1. The molecule has 0 spiro atoms. The van der Waals surface area contributed by atoms with Crippen LogP contribution >= 0.6 is 0 Å². The third kappa shape index (κ3) is 3.31. The summed E-state index contributed by atoms with van der Waals surface area (Å²) < 4.78 is 1.99. The van der Waals surface area contributed by atoms with Gasteiger partial charge in [-0.15, -0.1) is 0 Å². The molecule has 0 aliphatic rings. The Morgan fingerprint density at radius 1 is 1.39 bits per heavy atom. The van der Waals surface area contributed by atoms with E-state index in [4.69, 9.17) is 5.11 Å². The molecule has 2 heterocycles. The van der Waals surface area contributed by atoms with Gasteiger partial charge < -0.3 is 15.0 Å². The van der Waals surface area contributed by atoms with E-state index in [1.165, 1.54) is 6.20 Å². The number of imidazole rings is 1. The van der Waals surface area contributed by atoms with Crippen molar-refractivity contribution >= 4 is 11.7 Å². The van der Waals surface area contributed by atoms with Crippen LogP contribution in [-0.4, -0.2) is 32.2 Å². The van der Waals surface area contributed by atoms with Gasteiger partial charge in [-0.2, -0.15) is 0 Å². The molecule has 0 unspecified atom stereocenters. The molecule has 0 aromatic carbocycles. The van der Waals surface area contributed by atoms with Crippen LogP contribution in [0.25, 0.3) is 0 Å². The fourth-order valence-electron chi connectivity index (χ4n) is 1.57. The number of nitrogens with zero attached hydrogens (tertiary/aromatic N) is 3. The number of hydrogen-bond acceptors (Lipinski definition) is 4. The van der Waals surface area contributed by atoms with E-state index in [-0.39, 0.29) is 5.56 Å². The summed E-state index contributed by atoms with van der Waals surface area (Å²) in [5.41, 5.74) is 0.912. The summed E-state index contributed by atoms with van der Waals surface area (Å²) in [6.45, 7) is 1.63. The summed E-state index contributed by atoms with van der Waals surface area (Å²) in [5.74, 6) is -0.968. The second kappa shape index (κ2) is 5.81. The average molecular weight is 246 g/mol. The lowest BCUT2D eigenvalue weighted by Gasteiger charge is -2.06. The van der Waals surface area contributed by atoms with Crippen molar-refractivity contribution in [3.05, 3.63) is 42.7 Å². The van der Waals surface area contributed by atoms with Gasteiger partial charge in [0.2, 0.25) is 0 Å². The highest BCUT2D eigenvalue weighted by Crippen LogP contribution is 2.08. The van der Waals surface area contributed by atoms with E-state index in [0.29, 0.717) is 0 Å². The summed E-state index contributed by atoms with van der Waals surface area (Å²) >= 11 is 0. The number of aryl methyl sites for hydroxylation is 1. The maximum Gasteiger partial charge on any atom is 0.337 e. The summed E-state index contributed by atoms with van der Waals surface area (Å²) in [6, 6.07) is 1.58. The molecule has 0 saturated heterocycles. The number of carboxylic acid groups (broad SMARTS) is 1. The topological polar surface area (TPSA) is 80.0 Å². The van der Waals surface area contributed by atoms with E-state index < -0.39 is 5.97 Å². The van der Waals surface area contributed by atoms with Crippen molar-refractivity contribution in [3.63, 3.8) is 0 Å². The van der Waals surface area contributed by atoms with Crippen molar-refractivity contribution in [2.45, 2.75) is 13.0 Å². The number of carbonyl (C=O) groups is 1. The van der Waals surface area contributed by atoms with Gasteiger partial charge in [0.15, 0.2) is 0 Å². The lowest BCUT2D eigenvalue weighted by atomic mass is 10.2. The van der Waals surface area contributed by atoms with E-state index in [1.807, 2.05) is 10.8 Å². The Kier molecular flexibility index (Phi) is 3.90. The van der Waals surface area contributed by atoms with Crippen LogP contribution in [0.2, 0.25) is 0 Å². The average Bonchev–Trinajstić information content (AvgIpc) is 2.88. The van der Waals surface area contributed by atoms with Gasteiger partial charge in [-0.05, 0) is 12.5 Å². The van der Waals surface area contributed by atoms with Crippen LogP contribution in [-0.2, 0) is 6.54 Å². The zero-order valence-corrected chi connectivity index (χ0v) is 9.78. The lowest BCUT2D eigenvalue weighted by molar-refractivity contribution is 0.0696. The van der Waals surface area contributed by atoms with Gasteiger partial charge in [-0.25, -0.2) is 9.78 Å². The van der Waals surface area contributed by atoms with Gasteiger partial charge in [0, 0.05) is 37.9 Å². The zero-order valence-electron chi connectivity index (χ0n) is 9.78. The van der Waals surface area contributed by atoms with Gasteiger partial charge in [-0.1, -0.05) is 0 Å². The molecule has 0 fully saturated rings. The normalized spacial score (nSPS) is 10.2. The minimum Gasteiger partial charge on any atom is -0.478 e. The molecule has 0 bridgehead atoms. The molecule has 0 aliphatic carbocycles. The second-order valence-electron chi connectivity index (χ2n) is 3.85. The standard InChI is InChI=1S/C12H14N4O2/c17-12(18)10-6-11(8-14-7-10)15-2-1-4-16-5-3-13-9-16/h3,5-9,15H,1-2,4H2,(H,17,18). The van der Waals surface area contributed by atoms with Crippen molar-refractivity contribution < 1.29 is 9.90 Å². The van der Waals surface area contributed by atoms with Crippen molar-refractivity contribution in [3.8, 4) is 0 Å². The van der Waals surface area contributed by atoms with E-state index >= 15 is 0 Å². The Hall–Kier alpha value is -2.37. The maximum absolute atomic E-state index is 10.8. The number of aromatic nitrogens is 3. The molecule has 0 aliphatic heterocycles. The number of nitrogens with one attached hydrogen (secondary N) is 1. The minimum absolute atomic E-state index is 0.189. The molecule has 94 valence electrons. The third-order valence-electron chi connectivity index (χ3n) is 2.47. The number of rotatable bonds is 6. The Bertz CT molecular complexity index is 511. The Morgan fingerprint density at radius 3 is 3.00 bits per heavy atom. The van der Waals surface area contributed by atoms with Crippen LogP contribution < -0.4 is 5.32 Å². The molecule has 2 rings (SSSR count). The number of hydrogen-bond donors (Lipinski definition) is 2. The molecule has 2 N–H and O–H groups in total. The van der Waals surface area contributed by atoms with Crippen LogP contribution in [0.15, 0.2) is 37.2 Å². The van der Waals surface area contributed by atoms with Crippen LogP contribution in [0.4, 0.5) is 5.69 Å². The molecule has 6 heteroatoms. The number of anilines is 1. The largest absolute Gasteiger partial charge is 0.478 e. The second-order valence-corrected chi connectivity index (χ2v) is 3.85. The van der Waals surface area contributed by atoms with E-state index in [2.05, 4.69) is 15.3 Å². The summed E-state index contributed by atoms with van der Waals surface area (Å²) in [5, 5.41) is 12.0. The van der Waals surface area contributed by atoms with Gasteiger partial charge in [0.25, 0.3) is 0 Å². The zero-order chi connectivity index (χ0) is 12.8. The molecule has 0 amide bonds. The Balaban J connectivity index is 1.79. The van der Waals surface area contributed by atoms with E-state index in [9.17, 15) is 4.79 Å². The molecule has 2 aromatic heterocycles. The van der Waals surface area contributed by atoms with Crippen LogP contribution in [0.1, 0.15) is 16.8 Å². The number of carboxylic acids is 1. The third-order valence-corrected chi connectivity index (χ3v) is 2.47. The first kappa shape index (κ1) is 12.1. The molecule has 0 atom stereocenters. The van der Waals surface area contributed by atoms with Crippen molar-refractivity contribution in [1.82, 2.24) is 14.5 Å². The van der Waals surface area contributed by atoms with Gasteiger partial charge in [-0.3, -0.25) is 4.98 Å². The highest BCUT2D eigenvalue weighted by molar-refractivity contribution is 5.88. The minimum atomic E-state index is -0.968. The smallest absolute Gasteiger partial charge is 0.337 e. The lowest BCUT2D eigenvalue weighted by Crippen LogP contribution is -2.07. The first-order chi connectivity index (χ1) is 8.75. The maximum atomic E-state index is 10.8. The van der Waals surface area contributed by atoms with Crippen molar-refractivity contribution in [2.75, 3.05) is 11.9 Å². The molecular formula is C12H14N4O2. The monoisotopic (exact) mass is 246 g/mol. The predicted molar refractivity (Wildman–Crippen MR) is 66.5 cm³/mol. The molecule has 0 saturated carbocycles. The molecule has 18 heavy (non-hydrogen) atoms. The molecular weight excluding hydrogens is 232 g/mol. The van der Waals surface area contributed by atoms with E-state index in [0.717, 1.165) is 25.2 Å². The highest BCUT2D eigenvalue weighted by Gasteiger charge is 2.03. The van der Waals surface area contributed by atoms with Crippen molar-refractivity contribution in [1.29, 1.82) is 0 Å². The fourth-order valence-corrected chi connectivity index (χ4v) is 1.57. The quantitative estimate of drug-likeness (QED) is 0.754. The molecule has 2 aromatic rings. The fraction of sp³-hybridized carbons (Fsp3) is 0.250. The van der Waals surface area contributed by atoms with Gasteiger partial charge in [0.1, 0.15) is 0 Å². The first-order valence-electron chi connectivity index (χ1n) is 5.63. The summed E-state index contributed by atoms with van der Waals surface area (Å²) in [4.78, 5) is 18.6. The summed E-state index contributed by atoms with van der Waals surface area (Å²) in [6.07, 6.45) is 9.29. The van der Waals surface area contributed by atoms with Crippen LogP contribution in [0.3, 0.4) is 0 Å². The van der Waals surface area contributed by atoms with Crippen molar-refractivity contribution in [2.24, 2.45) is 0 Å². The van der Waals surface area contributed by atoms with E-state index in [1.54, 1.807) is 24.8 Å². The Morgan fingerprint density at radius 2 is 2.28 bits per heavy atom. The first-order valence-corrected chi connectivity index (χ1v) is 5.63. The number of pyridine rings is 1. The Labute approximate surface area is 104 Å².